The third-order valence-corrected chi connectivity index (χ3v) is 2.86. The van der Waals surface area contributed by atoms with Gasteiger partial charge in [-0.15, -0.1) is 0 Å². The normalized spacial score (nSPS) is 11.8. The summed E-state index contributed by atoms with van der Waals surface area (Å²) in [6.45, 7) is -0.148. The van der Waals surface area contributed by atoms with Crippen LogP contribution in [0.3, 0.4) is 0 Å². The van der Waals surface area contributed by atoms with Gasteiger partial charge in [-0.1, -0.05) is 30.3 Å². The van der Waals surface area contributed by atoms with Crippen LogP contribution in [0.4, 0.5) is 5.69 Å². The number of nitrogens with two attached hydrogens (primary N) is 1. The average Bonchev–Trinajstić information content (AvgIpc) is 2.46. The number of aliphatic hydroxyl groups excluding tert-OH is 1. The highest BCUT2D eigenvalue weighted by molar-refractivity contribution is 5.94. The fraction of sp³-hybridized carbons (Fsp3) is 0.133. The Morgan fingerprint density at radius 3 is 2.32 bits per heavy atom. The number of aliphatic hydroxyl groups is 1. The van der Waals surface area contributed by atoms with Crippen LogP contribution in [-0.2, 0) is 0 Å². The zero-order chi connectivity index (χ0) is 13.7. The number of carbonyl (C=O) groups is 1. The van der Waals surface area contributed by atoms with Gasteiger partial charge in [-0.25, -0.2) is 0 Å². The number of anilines is 1. The van der Waals surface area contributed by atoms with Gasteiger partial charge in [0, 0.05) is 11.3 Å². The standard InChI is InChI=1S/C15H16N2O2/c16-13-8-6-12(7-9-13)15(19)17-14(10-18)11-4-2-1-3-5-11/h1-9,14,18H,10,16H2,(H,17,19). The fourth-order valence-corrected chi connectivity index (χ4v) is 1.80. The van der Waals surface area contributed by atoms with Crippen LogP contribution < -0.4 is 11.1 Å². The summed E-state index contributed by atoms with van der Waals surface area (Å²) < 4.78 is 0. The maximum atomic E-state index is 12.0. The van der Waals surface area contributed by atoms with Crippen molar-refractivity contribution >= 4 is 11.6 Å². The maximum Gasteiger partial charge on any atom is 0.251 e. The molecule has 0 aliphatic heterocycles. The molecule has 19 heavy (non-hydrogen) atoms. The van der Waals surface area contributed by atoms with Crippen LogP contribution in [0, 0.1) is 0 Å². The number of hydrogen-bond donors (Lipinski definition) is 3. The molecule has 98 valence electrons. The number of hydrogen-bond acceptors (Lipinski definition) is 3. The molecule has 4 heteroatoms. The van der Waals surface area contributed by atoms with E-state index in [1.165, 1.54) is 0 Å². The lowest BCUT2D eigenvalue weighted by Gasteiger charge is -2.16. The van der Waals surface area contributed by atoms with E-state index in [4.69, 9.17) is 5.73 Å². The van der Waals surface area contributed by atoms with E-state index in [0.29, 0.717) is 11.3 Å². The second-order valence-corrected chi connectivity index (χ2v) is 4.24. The van der Waals surface area contributed by atoms with Crippen LogP contribution in [0.5, 0.6) is 0 Å². The van der Waals surface area contributed by atoms with Crippen LogP contribution in [0.1, 0.15) is 22.0 Å². The summed E-state index contributed by atoms with van der Waals surface area (Å²) >= 11 is 0. The van der Waals surface area contributed by atoms with Gasteiger partial charge in [-0.05, 0) is 29.8 Å². The number of rotatable bonds is 4. The van der Waals surface area contributed by atoms with E-state index < -0.39 is 6.04 Å². The highest BCUT2D eigenvalue weighted by Crippen LogP contribution is 2.13. The van der Waals surface area contributed by atoms with Crippen molar-refractivity contribution in [2.24, 2.45) is 0 Å². The third-order valence-electron chi connectivity index (χ3n) is 2.86. The molecule has 2 rings (SSSR count). The molecule has 2 aromatic rings. The van der Waals surface area contributed by atoms with Gasteiger partial charge in [0.05, 0.1) is 12.6 Å². The first-order valence-electron chi connectivity index (χ1n) is 6.03. The molecule has 0 bridgehead atoms. The lowest BCUT2D eigenvalue weighted by atomic mass is 10.1. The van der Waals surface area contributed by atoms with Crippen molar-refractivity contribution in [3.8, 4) is 0 Å². The SMILES string of the molecule is Nc1ccc(C(=O)NC(CO)c2ccccc2)cc1. The smallest absolute Gasteiger partial charge is 0.251 e. The molecule has 0 saturated carbocycles. The highest BCUT2D eigenvalue weighted by atomic mass is 16.3. The lowest BCUT2D eigenvalue weighted by molar-refractivity contribution is 0.0916. The molecule has 0 fully saturated rings. The second-order valence-electron chi connectivity index (χ2n) is 4.24. The van der Waals surface area contributed by atoms with Crippen LogP contribution in [0.2, 0.25) is 0 Å². The van der Waals surface area contributed by atoms with Crippen LogP contribution >= 0.6 is 0 Å². The predicted octanol–water partition coefficient (Wildman–Crippen LogP) is 1.73. The summed E-state index contributed by atoms with van der Waals surface area (Å²) in [6, 6.07) is 15.6. The van der Waals surface area contributed by atoms with Crippen LogP contribution in [0.25, 0.3) is 0 Å². The molecule has 4 nitrogen and oxygen atoms in total. The molecular weight excluding hydrogens is 240 g/mol. The maximum absolute atomic E-state index is 12.0. The minimum absolute atomic E-state index is 0.148. The molecule has 0 aliphatic rings. The van der Waals surface area contributed by atoms with Crippen molar-refractivity contribution in [3.05, 3.63) is 65.7 Å². The number of benzene rings is 2. The molecular formula is C15H16N2O2. The fourth-order valence-electron chi connectivity index (χ4n) is 1.80. The largest absolute Gasteiger partial charge is 0.399 e. The zero-order valence-electron chi connectivity index (χ0n) is 10.4. The first-order chi connectivity index (χ1) is 9.20. The molecule has 0 heterocycles. The summed E-state index contributed by atoms with van der Waals surface area (Å²) in [5.41, 5.74) is 7.57. The number of nitrogens with one attached hydrogen (secondary N) is 1. The van der Waals surface area contributed by atoms with Crippen molar-refractivity contribution in [2.45, 2.75) is 6.04 Å². The zero-order valence-corrected chi connectivity index (χ0v) is 10.4. The quantitative estimate of drug-likeness (QED) is 0.729. The van der Waals surface area contributed by atoms with Gasteiger partial charge in [0.2, 0.25) is 0 Å². The van der Waals surface area contributed by atoms with E-state index in [9.17, 15) is 9.90 Å². The van der Waals surface area contributed by atoms with Gasteiger partial charge in [0.25, 0.3) is 5.91 Å². The molecule has 0 spiro atoms. The van der Waals surface area contributed by atoms with Crippen molar-refractivity contribution in [1.29, 1.82) is 0 Å². The number of amides is 1. The van der Waals surface area contributed by atoms with E-state index in [-0.39, 0.29) is 12.5 Å². The van der Waals surface area contributed by atoms with Crippen LogP contribution in [0.15, 0.2) is 54.6 Å². The summed E-state index contributed by atoms with van der Waals surface area (Å²) in [5, 5.41) is 12.2. The molecule has 1 atom stereocenters. The summed E-state index contributed by atoms with van der Waals surface area (Å²) in [5.74, 6) is -0.233. The molecule has 0 radical (unpaired) electrons. The number of carbonyl (C=O) groups excluding carboxylic acids is 1. The Balaban J connectivity index is 2.10. The Bertz CT molecular complexity index is 538. The molecule has 2 aromatic carbocycles. The molecule has 4 N–H and O–H groups in total. The molecule has 0 saturated heterocycles. The minimum Gasteiger partial charge on any atom is -0.399 e. The molecule has 0 aromatic heterocycles. The summed E-state index contributed by atoms with van der Waals surface area (Å²) in [6.07, 6.45) is 0. The monoisotopic (exact) mass is 256 g/mol. The molecule has 1 unspecified atom stereocenters. The first-order valence-corrected chi connectivity index (χ1v) is 6.03. The van der Waals surface area contributed by atoms with Gasteiger partial charge >= 0.3 is 0 Å². The Labute approximate surface area is 111 Å². The third kappa shape index (κ3) is 3.33. The predicted molar refractivity (Wildman–Crippen MR) is 74.6 cm³/mol. The number of nitrogen functional groups attached to an aromatic ring is 1. The summed E-state index contributed by atoms with van der Waals surface area (Å²) in [7, 11) is 0. The van der Waals surface area contributed by atoms with Gasteiger partial charge in [0.15, 0.2) is 0 Å². The van der Waals surface area contributed by atoms with Gasteiger partial charge in [-0.2, -0.15) is 0 Å². The van der Waals surface area contributed by atoms with Crippen molar-refractivity contribution in [2.75, 3.05) is 12.3 Å². The minimum atomic E-state index is -0.411. The Hall–Kier alpha value is -2.33. The lowest BCUT2D eigenvalue weighted by Crippen LogP contribution is -2.30. The van der Waals surface area contributed by atoms with Crippen LogP contribution in [-0.4, -0.2) is 17.6 Å². The van der Waals surface area contributed by atoms with Crippen molar-refractivity contribution in [3.63, 3.8) is 0 Å². The summed E-state index contributed by atoms with van der Waals surface area (Å²) in [4.78, 5) is 12.0. The van der Waals surface area contributed by atoms with Crippen molar-refractivity contribution in [1.82, 2.24) is 5.32 Å². The molecule has 1 amide bonds. The molecule has 0 aliphatic carbocycles. The van der Waals surface area contributed by atoms with E-state index >= 15 is 0 Å². The van der Waals surface area contributed by atoms with Crippen molar-refractivity contribution < 1.29 is 9.90 Å². The van der Waals surface area contributed by atoms with E-state index in [0.717, 1.165) is 5.56 Å². The average molecular weight is 256 g/mol. The Kier molecular flexibility index (Phi) is 4.15. The van der Waals surface area contributed by atoms with E-state index in [1.54, 1.807) is 24.3 Å². The Morgan fingerprint density at radius 1 is 1.11 bits per heavy atom. The van der Waals surface area contributed by atoms with Gasteiger partial charge in [0.1, 0.15) is 0 Å². The van der Waals surface area contributed by atoms with E-state index in [2.05, 4.69) is 5.32 Å². The topological polar surface area (TPSA) is 75.4 Å². The Morgan fingerprint density at radius 2 is 1.74 bits per heavy atom. The first kappa shape index (κ1) is 13.1. The highest BCUT2D eigenvalue weighted by Gasteiger charge is 2.14. The van der Waals surface area contributed by atoms with Gasteiger partial charge < -0.3 is 16.2 Å². The van der Waals surface area contributed by atoms with Gasteiger partial charge in [-0.3, -0.25) is 4.79 Å². The van der Waals surface area contributed by atoms with E-state index in [1.807, 2.05) is 30.3 Å². The second kappa shape index (κ2) is 6.02.